The number of carbonyl (C=O) groups excluding carboxylic acids is 1. The van der Waals surface area contributed by atoms with E-state index in [0.717, 1.165) is 19.5 Å². The number of carbonyl (C=O) groups is 1. The molecule has 0 aromatic heterocycles. The van der Waals surface area contributed by atoms with Crippen molar-refractivity contribution in [1.82, 2.24) is 5.32 Å². The van der Waals surface area contributed by atoms with E-state index in [1.165, 1.54) is 12.8 Å². The number of hydrogen-bond donors (Lipinski definition) is 2. The van der Waals surface area contributed by atoms with Crippen molar-refractivity contribution in [2.24, 2.45) is 17.1 Å². The van der Waals surface area contributed by atoms with Crippen LogP contribution in [0.1, 0.15) is 19.3 Å². The van der Waals surface area contributed by atoms with Gasteiger partial charge in [-0.1, -0.05) is 0 Å². The van der Waals surface area contributed by atoms with Crippen LogP contribution in [0, 0.1) is 11.3 Å². The highest BCUT2D eigenvalue weighted by molar-refractivity contribution is 5.78. The molecule has 2 rings (SSSR count). The topological polar surface area (TPSA) is 55.1 Å². The van der Waals surface area contributed by atoms with Crippen LogP contribution in [-0.2, 0) is 4.79 Å². The lowest BCUT2D eigenvalue weighted by Crippen LogP contribution is -2.44. The normalized spacial score (nSPS) is 33.6. The van der Waals surface area contributed by atoms with Gasteiger partial charge in [0.25, 0.3) is 0 Å². The van der Waals surface area contributed by atoms with Crippen molar-refractivity contribution in [3.63, 3.8) is 0 Å². The fraction of sp³-hybridized carbons (Fsp3) is 0.875. The maximum Gasteiger partial charge on any atom is 0.221 e. The Morgan fingerprint density at radius 2 is 2.27 bits per heavy atom. The highest BCUT2D eigenvalue weighted by atomic mass is 16.1. The van der Waals surface area contributed by atoms with Crippen molar-refractivity contribution in [1.29, 1.82) is 0 Å². The van der Waals surface area contributed by atoms with Gasteiger partial charge in [-0.3, -0.25) is 4.79 Å². The van der Waals surface area contributed by atoms with E-state index >= 15 is 0 Å². The highest BCUT2D eigenvalue weighted by Crippen LogP contribution is 2.53. The zero-order valence-electron chi connectivity index (χ0n) is 6.60. The first-order valence-electron chi connectivity index (χ1n) is 4.25. The van der Waals surface area contributed by atoms with Crippen LogP contribution in [-0.4, -0.2) is 19.0 Å². The molecule has 0 bridgehead atoms. The Bertz CT molecular complexity index is 187. The summed E-state index contributed by atoms with van der Waals surface area (Å²) in [5.41, 5.74) is 5.60. The third-order valence-electron chi connectivity index (χ3n) is 3.06. The lowest BCUT2D eigenvalue weighted by atomic mass is 9.83. The van der Waals surface area contributed by atoms with E-state index in [1.807, 2.05) is 0 Å². The van der Waals surface area contributed by atoms with E-state index in [0.29, 0.717) is 0 Å². The molecular weight excluding hydrogens is 140 g/mol. The Hall–Kier alpha value is -0.570. The minimum absolute atomic E-state index is 0.0935. The molecule has 1 heterocycles. The summed E-state index contributed by atoms with van der Waals surface area (Å²) in [7, 11) is 0. The molecule has 1 spiro atoms. The molecule has 3 heteroatoms. The van der Waals surface area contributed by atoms with Gasteiger partial charge in [-0.25, -0.2) is 0 Å². The molecule has 1 saturated heterocycles. The van der Waals surface area contributed by atoms with Crippen molar-refractivity contribution in [3.05, 3.63) is 0 Å². The number of primary amides is 1. The van der Waals surface area contributed by atoms with Crippen LogP contribution in [0.5, 0.6) is 0 Å². The molecule has 1 aliphatic heterocycles. The van der Waals surface area contributed by atoms with Gasteiger partial charge in [-0.15, -0.1) is 0 Å². The summed E-state index contributed by atoms with van der Waals surface area (Å²) in [6, 6.07) is 0. The molecule has 1 atom stereocenters. The molecule has 1 aliphatic carbocycles. The van der Waals surface area contributed by atoms with Gasteiger partial charge in [0.15, 0.2) is 0 Å². The number of rotatable bonds is 1. The predicted octanol–water partition coefficient (Wildman–Crippen LogP) is -0.139. The Morgan fingerprint density at radius 3 is 2.73 bits per heavy atom. The summed E-state index contributed by atoms with van der Waals surface area (Å²) in [6.07, 6.45) is 3.32. The lowest BCUT2D eigenvalue weighted by molar-refractivity contribution is -0.124. The maximum absolute atomic E-state index is 11.0. The summed E-state index contributed by atoms with van der Waals surface area (Å²) in [5, 5.41) is 3.31. The van der Waals surface area contributed by atoms with Crippen LogP contribution in [0.15, 0.2) is 0 Å². The number of nitrogens with two attached hydrogens (primary N) is 1. The molecule has 2 aliphatic rings. The molecular formula is C8H14N2O. The summed E-state index contributed by atoms with van der Waals surface area (Å²) < 4.78 is 0. The molecule has 1 unspecified atom stereocenters. The standard InChI is InChI=1S/C8H14N2O/c9-7(11)6-1-4-10-5-8(6)2-3-8/h6,10H,1-5H2,(H2,9,11). The van der Waals surface area contributed by atoms with Gasteiger partial charge in [0, 0.05) is 12.5 Å². The third kappa shape index (κ3) is 1.03. The quantitative estimate of drug-likeness (QED) is 0.552. The first-order valence-corrected chi connectivity index (χ1v) is 4.25. The Labute approximate surface area is 66.3 Å². The van der Waals surface area contributed by atoms with Crippen molar-refractivity contribution >= 4 is 5.91 Å². The third-order valence-corrected chi connectivity index (χ3v) is 3.06. The second-order valence-corrected chi connectivity index (χ2v) is 3.78. The molecule has 62 valence electrons. The molecule has 0 radical (unpaired) electrons. The number of nitrogens with one attached hydrogen (secondary N) is 1. The minimum Gasteiger partial charge on any atom is -0.369 e. The predicted molar refractivity (Wildman–Crippen MR) is 41.8 cm³/mol. The molecule has 3 nitrogen and oxygen atoms in total. The zero-order chi connectivity index (χ0) is 7.90. The molecule has 3 N–H and O–H groups in total. The lowest BCUT2D eigenvalue weighted by Gasteiger charge is -2.29. The second-order valence-electron chi connectivity index (χ2n) is 3.78. The van der Waals surface area contributed by atoms with E-state index in [1.54, 1.807) is 0 Å². The van der Waals surface area contributed by atoms with Crippen LogP contribution in [0.4, 0.5) is 0 Å². The van der Waals surface area contributed by atoms with Gasteiger partial charge in [0.05, 0.1) is 0 Å². The number of hydrogen-bond acceptors (Lipinski definition) is 2. The molecule has 2 fully saturated rings. The Kier molecular flexibility index (Phi) is 1.42. The summed E-state index contributed by atoms with van der Waals surface area (Å²) in [4.78, 5) is 11.0. The average molecular weight is 154 g/mol. The van der Waals surface area contributed by atoms with E-state index in [-0.39, 0.29) is 17.2 Å². The molecule has 1 saturated carbocycles. The Balaban J connectivity index is 2.10. The van der Waals surface area contributed by atoms with Crippen molar-refractivity contribution in [2.45, 2.75) is 19.3 Å². The van der Waals surface area contributed by atoms with Crippen LogP contribution < -0.4 is 11.1 Å². The van der Waals surface area contributed by atoms with E-state index in [4.69, 9.17) is 5.73 Å². The molecule has 0 aromatic rings. The van der Waals surface area contributed by atoms with Gasteiger partial charge >= 0.3 is 0 Å². The second kappa shape index (κ2) is 2.21. The van der Waals surface area contributed by atoms with Crippen LogP contribution in [0.25, 0.3) is 0 Å². The average Bonchev–Trinajstić information content (AvgIpc) is 2.70. The summed E-state index contributed by atoms with van der Waals surface area (Å²) in [5.74, 6) is 0.0627. The summed E-state index contributed by atoms with van der Waals surface area (Å²) >= 11 is 0. The van der Waals surface area contributed by atoms with Crippen LogP contribution in [0.2, 0.25) is 0 Å². The van der Waals surface area contributed by atoms with Gasteiger partial charge in [0.2, 0.25) is 5.91 Å². The van der Waals surface area contributed by atoms with Crippen molar-refractivity contribution in [3.8, 4) is 0 Å². The zero-order valence-corrected chi connectivity index (χ0v) is 6.60. The fourth-order valence-corrected chi connectivity index (χ4v) is 2.14. The smallest absolute Gasteiger partial charge is 0.221 e. The molecule has 0 aromatic carbocycles. The largest absolute Gasteiger partial charge is 0.369 e. The monoisotopic (exact) mass is 154 g/mol. The van der Waals surface area contributed by atoms with Gasteiger partial charge in [0.1, 0.15) is 0 Å². The van der Waals surface area contributed by atoms with Crippen LogP contribution >= 0.6 is 0 Å². The SMILES string of the molecule is NC(=O)C1CCNCC12CC2. The van der Waals surface area contributed by atoms with Crippen LogP contribution in [0.3, 0.4) is 0 Å². The van der Waals surface area contributed by atoms with Gasteiger partial charge < -0.3 is 11.1 Å². The van der Waals surface area contributed by atoms with Gasteiger partial charge in [-0.05, 0) is 31.2 Å². The Morgan fingerprint density at radius 1 is 1.55 bits per heavy atom. The first-order chi connectivity index (χ1) is 5.25. The summed E-state index contributed by atoms with van der Waals surface area (Å²) in [6.45, 7) is 1.95. The van der Waals surface area contributed by atoms with Gasteiger partial charge in [-0.2, -0.15) is 0 Å². The molecule has 1 amide bonds. The molecule has 11 heavy (non-hydrogen) atoms. The van der Waals surface area contributed by atoms with E-state index in [2.05, 4.69) is 5.32 Å². The number of piperidine rings is 1. The highest BCUT2D eigenvalue weighted by Gasteiger charge is 2.52. The number of amides is 1. The maximum atomic E-state index is 11.0. The van der Waals surface area contributed by atoms with Crippen molar-refractivity contribution < 1.29 is 4.79 Å². The fourth-order valence-electron chi connectivity index (χ4n) is 2.14. The van der Waals surface area contributed by atoms with E-state index < -0.39 is 0 Å². The van der Waals surface area contributed by atoms with E-state index in [9.17, 15) is 4.79 Å². The van der Waals surface area contributed by atoms with Crippen molar-refractivity contribution in [2.75, 3.05) is 13.1 Å². The minimum atomic E-state index is -0.0935. The first kappa shape index (κ1) is 7.10.